The van der Waals surface area contributed by atoms with E-state index in [-0.39, 0.29) is 11.4 Å². The van der Waals surface area contributed by atoms with Gasteiger partial charge in [-0.1, -0.05) is 11.6 Å². The Balaban J connectivity index is 2.24. The molecule has 0 bridgehead atoms. The maximum absolute atomic E-state index is 11.3. The van der Waals surface area contributed by atoms with Gasteiger partial charge in [0.2, 0.25) is 0 Å². The highest BCUT2D eigenvalue weighted by Gasteiger charge is 2.27. The van der Waals surface area contributed by atoms with Crippen molar-refractivity contribution in [2.45, 2.75) is 26.4 Å². The van der Waals surface area contributed by atoms with Crippen LogP contribution in [-0.2, 0) is 4.74 Å². The number of hydrogen-bond donors (Lipinski definition) is 0. The fraction of sp³-hybridized carbons (Fsp3) is 0.500. The van der Waals surface area contributed by atoms with Gasteiger partial charge in [-0.15, -0.1) is 0 Å². The lowest BCUT2D eigenvalue weighted by Gasteiger charge is -2.39. The van der Waals surface area contributed by atoms with Crippen molar-refractivity contribution >= 4 is 23.1 Å². The predicted molar refractivity (Wildman–Crippen MR) is 73.7 cm³/mol. The van der Waals surface area contributed by atoms with Crippen LogP contribution >= 0.6 is 11.6 Å². The quantitative estimate of drug-likeness (QED) is 0.771. The van der Waals surface area contributed by atoms with Crippen molar-refractivity contribution < 1.29 is 9.53 Å². The number of carbonyl (C=O) groups is 1. The summed E-state index contributed by atoms with van der Waals surface area (Å²) >= 11 is 6.14. The van der Waals surface area contributed by atoms with E-state index in [1.54, 1.807) is 6.07 Å². The van der Waals surface area contributed by atoms with Crippen LogP contribution in [0.25, 0.3) is 0 Å². The Morgan fingerprint density at radius 1 is 1.44 bits per heavy atom. The molecule has 4 heteroatoms. The first kappa shape index (κ1) is 13.4. The number of Topliss-reactive ketones (excluding diaryl/α,β-unsaturated/α-hetero) is 1. The molecule has 0 radical (unpaired) electrons. The van der Waals surface area contributed by atoms with Gasteiger partial charge in [-0.25, -0.2) is 0 Å². The average Bonchev–Trinajstić information content (AvgIpc) is 2.27. The van der Waals surface area contributed by atoms with Gasteiger partial charge in [0.1, 0.15) is 0 Å². The van der Waals surface area contributed by atoms with E-state index in [1.807, 2.05) is 12.1 Å². The number of rotatable bonds is 2. The summed E-state index contributed by atoms with van der Waals surface area (Å²) in [6, 6.07) is 5.60. The largest absolute Gasteiger partial charge is 0.372 e. The highest BCUT2D eigenvalue weighted by Crippen LogP contribution is 2.27. The standard InChI is InChI=1S/C14H18ClNO2/c1-10(17)12-5-4-11(8-13(12)15)16-6-7-18-14(2,3)9-16/h4-5,8H,6-7,9H2,1-3H3. The van der Waals surface area contributed by atoms with Crippen molar-refractivity contribution in [3.05, 3.63) is 28.8 Å². The van der Waals surface area contributed by atoms with E-state index < -0.39 is 0 Å². The molecule has 3 nitrogen and oxygen atoms in total. The van der Waals surface area contributed by atoms with Gasteiger partial charge in [0.25, 0.3) is 0 Å². The third-order valence-electron chi connectivity index (χ3n) is 3.12. The Morgan fingerprint density at radius 2 is 2.17 bits per heavy atom. The molecule has 1 aliphatic rings. The molecule has 0 spiro atoms. The number of ketones is 1. The van der Waals surface area contributed by atoms with Crippen LogP contribution in [0.3, 0.4) is 0 Å². The van der Waals surface area contributed by atoms with E-state index in [9.17, 15) is 4.79 Å². The molecule has 0 saturated carbocycles. The monoisotopic (exact) mass is 267 g/mol. The number of benzene rings is 1. The summed E-state index contributed by atoms with van der Waals surface area (Å²) in [6.07, 6.45) is 0. The molecule has 0 N–H and O–H groups in total. The van der Waals surface area contributed by atoms with Crippen molar-refractivity contribution in [1.82, 2.24) is 0 Å². The Kier molecular flexibility index (Phi) is 3.64. The minimum atomic E-state index is -0.149. The van der Waals surface area contributed by atoms with Gasteiger partial charge in [0, 0.05) is 24.3 Å². The maximum atomic E-state index is 11.3. The molecule has 1 aromatic carbocycles. The molecule has 0 unspecified atom stereocenters. The molecule has 1 aliphatic heterocycles. The summed E-state index contributed by atoms with van der Waals surface area (Å²) in [5, 5.41) is 0.518. The zero-order valence-corrected chi connectivity index (χ0v) is 11.8. The van der Waals surface area contributed by atoms with Crippen LogP contribution in [0.4, 0.5) is 5.69 Å². The van der Waals surface area contributed by atoms with Crippen LogP contribution in [-0.4, -0.2) is 31.1 Å². The van der Waals surface area contributed by atoms with Crippen LogP contribution in [0.1, 0.15) is 31.1 Å². The van der Waals surface area contributed by atoms with Gasteiger partial charge < -0.3 is 9.64 Å². The number of halogens is 1. The van der Waals surface area contributed by atoms with Crippen molar-refractivity contribution in [1.29, 1.82) is 0 Å². The summed E-state index contributed by atoms with van der Waals surface area (Å²) in [5.41, 5.74) is 1.47. The third kappa shape index (κ3) is 2.85. The van der Waals surface area contributed by atoms with Crippen molar-refractivity contribution in [3.63, 3.8) is 0 Å². The molecule has 0 atom stereocenters. The fourth-order valence-corrected chi connectivity index (χ4v) is 2.53. The maximum Gasteiger partial charge on any atom is 0.161 e. The van der Waals surface area contributed by atoms with E-state index in [0.29, 0.717) is 17.2 Å². The average molecular weight is 268 g/mol. The summed E-state index contributed by atoms with van der Waals surface area (Å²) in [4.78, 5) is 13.6. The van der Waals surface area contributed by atoms with Crippen molar-refractivity contribution in [3.8, 4) is 0 Å². The number of morpholine rings is 1. The highest BCUT2D eigenvalue weighted by molar-refractivity contribution is 6.34. The second-order valence-corrected chi connectivity index (χ2v) is 5.66. The topological polar surface area (TPSA) is 29.5 Å². The molecule has 18 heavy (non-hydrogen) atoms. The number of anilines is 1. The van der Waals surface area contributed by atoms with E-state index >= 15 is 0 Å². The van der Waals surface area contributed by atoms with Crippen LogP contribution in [0.15, 0.2) is 18.2 Å². The summed E-state index contributed by atoms with van der Waals surface area (Å²) in [5.74, 6) is -0.00569. The Bertz CT molecular complexity index is 471. The normalized spacial score (nSPS) is 18.8. The molecule has 0 amide bonds. The predicted octanol–water partition coefficient (Wildman–Crippen LogP) is 3.16. The van der Waals surface area contributed by atoms with Crippen LogP contribution in [0.2, 0.25) is 5.02 Å². The van der Waals surface area contributed by atoms with E-state index in [4.69, 9.17) is 16.3 Å². The van der Waals surface area contributed by atoms with Gasteiger partial charge in [-0.3, -0.25) is 4.79 Å². The Hall–Kier alpha value is -1.06. The molecular formula is C14H18ClNO2. The molecular weight excluding hydrogens is 250 g/mol. The molecule has 1 aromatic rings. The van der Waals surface area contributed by atoms with E-state index in [2.05, 4.69) is 18.7 Å². The second kappa shape index (κ2) is 4.90. The molecule has 1 fully saturated rings. The second-order valence-electron chi connectivity index (χ2n) is 5.25. The lowest BCUT2D eigenvalue weighted by atomic mass is 10.1. The number of carbonyl (C=O) groups excluding carboxylic acids is 1. The molecule has 2 rings (SSSR count). The molecule has 0 aromatic heterocycles. The lowest BCUT2D eigenvalue weighted by Crippen LogP contribution is -2.48. The highest BCUT2D eigenvalue weighted by atomic mass is 35.5. The molecule has 1 heterocycles. The van der Waals surface area contributed by atoms with Crippen molar-refractivity contribution in [2.75, 3.05) is 24.6 Å². The van der Waals surface area contributed by atoms with E-state index in [1.165, 1.54) is 6.92 Å². The zero-order chi connectivity index (χ0) is 13.3. The zero-order valence-electron chi connectivity index (χ0n) is 11.0. The first-order chi connectivity index (χ1) is 8.39. The summed E-state index contributed by atoms with van der Waals surface area (Å²) in [7, 11) is 0. The smallest absolute Gasteiger partial charge is 0.161 e. The van der Waals surface area contributed by atoms with E-state index in [0.717, 1.165) is 18.8 Å². The Labute approximate surface area is 113 Å². The van der Waals surface area contributed by atoms with Crippen LogP contribution in [0.5, 0.6) is 0 Å². The number of hydrogen-bond acceptors (Lipinski definition) is 3. The fourth-order valence-electron chi connectivity index (χ4n) is 2.22. The third-order valence-corrected chi connectivity index (χ3v) is 3.44. The number of ether oxygens (including phenoxy) is 1. The summed E-state index contributed by atoms with van der Waals surface area (Å²) < 4.78 is 5.68. The van der Waals surface area contributed by atoms with Crippen LogP contribution in [0, 0.1) is 0 Å². The van der Waals surface area contributed by atoms with Crippen molar-refractivity contribution in [2.24, 2.45) is 0 Å². The molecule has 0 aliphatic carbocycles. The number of nitrogens with zero attached hydrogens (tertiary/aromatic N) is 1. The molecule has 98 valence electrons. The first-order valence-corrected chi connectivity index (χ1v) is 6.46. The SMILES string of the molecule is CC(=O)c1ccc(N2CCOC(C)(C)C2)cc1Cl. The van der Waals surface area contributed by atoms with Gasteiger partial charge >= 0.3 is 0 Å². The lowest BCUT2D eigenvalue weighted by molar-refractivity contribution is -0.0276. The van der Waals surface area contributed by atoms with Gasteiger partial charge in [-0.05, 0) is 39.0 Å². The van der Waals surface area contributed by atoms with Gasteiger partial charge in [0.15, 0.2) is 5.78 Å². The van der Waals surface area contributed by atoms with Gasteiger partial charge in [-0.2, -0.15) is 0 Å². The Morgan fingerprint density at radius 3 is 2.72 bits per heavy atom. The molecule has 1 saturated heterocycles. The summed E-state index contributed by atoms with van der Waals surface area (Å²) in [6.45, 7) is 8.05. The minimum Gasteiger partial charge on any atom is -0.372 e. The van der Waals surface area contributed by atoms with Crippen LogP contribution < -0.4 is 4.90 Å². The first-order valence-electron chi connectivity index (χ1n) is 6.08. The van der Waals surface area contributed by atoms with Gasteiger partial charge in [0.05, 0.1) is 17.2 Å². The minimum absolute atomic E-state index is 0.00569.